The Morgan fingerprint density at radius 3 is 2.55 bits per heavy atom. The van der Waals surface area contributed by atoms with E-state index >= 15 is 0 Å². The molecule has 0 aliphatic rings. The van der Waals surface area contributed by atoms with Crippen LogP contribution < -0.4 is 5.32 Å². The summed E-state index contributed by atoms with van der Waals surface area (Å²) in [6.07, 6.45) is 2.54. The van der Waals surface area contributed by atoms with Gasteiger partial charge in [0.15, 0.2) is 5.78 Å². The van der Waals surface area contributed by atoms with Crippen molar-refractivity contribution in [3.8, 4) is 0 Å². The van der Waals surface area contributed by atoms with Crippen molar-refractivity contribution in [2.45, 2.75) is 19.9 Å². The number of hydrogen-bond acceptors (Lipinski definition) is 5. The lowest BCUT2D eigenvalue weighted by atomic mass is 10.1. The Hall–Kier alpha value is -3.03. The van der Waals surface area contributed by atoms with Crippen LogP contribution in [-0.4, -0.2) is 26.4 Å². The molecule has 0 aliphatic carbocycles. The number of hydrogen-bond donors (Lipinski definition) is 1. The van der Waals surface area contributed by atoms with E-state index in [9.17, 15) is 19.7 Å². The van der Waals surface area contributed by atoms with Crippen LogP contribution in [0, 0.1) is 10.1 Å². The standard InChI is InChI=1S/C14H14N4O4/c1-10(19)11-2-4-12(5-3-11)16-14(20)6-7-17-9-13(8-15-17)18(21)22/h2-5,8-9H,6-7H2,1H3,(H,16,20). The molecule has 1 N–H and O–H groups in total. The fraction of sp³-hybridized carbons (Fsp3) is 0.214. The summed E-state index contributed by atoms with van der Waals surface area (Å²) in [5, 5.41) is 17.0. The zero-order valence-electron chi connectivity index (χ0n) is 11.9. The maximum atomic E-state index is 11.8. The van der Waals surface area contributed by atoms with Gasteiger partial charge in [-0.1, -0.05) is 0 Å². The van der Waals surface area contributed by atoms with Gasteiger partial charge in [-0.2, -0.15) is 5.10 Å². The maximum Gasteiger partial charge on any atom is 0.306 e. The quantitative estimate of drug-likeness (QED) is 0.499. The van der Waals surface area contributed by atoms with Gasteiger partial charge < -0.3 is 5.32 Å². The number of aromatic nitrogens is 2. The minimum atomic E-state index is -0.542. The number of nitrogens with one attached hydrogen (secondary N) is 1. The third-order valence-electron chi connectivity index (χ3n) is 2.97. The van der Waals surface area contributed by atoms with Crippen LogP contribution >= 0.6 is 0 Å². The summed E-state index contributed by atoms with van der Waals surface area (Å²) in [4.78, 5) is 32.9. The second-order valence-electron chi connectivity index (χ2n) is 4.65. The lowest BCUT2D eigenvalue weighted by Gasteiger charge is -2.05. The van der Waals surface area contributed by atoms with E-state index in [-0.39, 0.29) is 30.3 Å². The fourth-order valence-electron chi connectivity index (χ4n) is 1.80. The number of rotatable bonds is 6. The minimum absolute atomic E-state index is 0.0434. The molecule has 0 saturated heterocycles. The van der Waals surface area contributed by atoms with Gasteiger partial charge in [0, 0.05) is 24.2 Å². The van der Waals surface area contributed by atoms with E-state index in [1.807, 2.05) is 0 Å². The summed E-state index contributed by atoms with van der Waals surface area (Å²) in [6.45, 7) is 1.71. The van der Waals surface area contributed by atoms with Crippen molar-refractivity contribution in [1.29, 1.82) is 0 Å². The number of carbonyl (C=O) groups excluding carboxylic acids is 2. The highest BCUT2D eigenvalue weighted by Gasteiger charge is 2.10. The average molecular weight is 302 g/mol. The first-order chi connectivity index (χ1) is 10.5. The second-order valence-corrected chi connectivity index (χ2v) is 4.65. The molecule has 22 heavy (non-hydrogen) atoms. The predicted molar refractivity (Wildman–Crippen MR) is 78.6 cm³/mol. The fourth-order valence-corrected chi connectivity index (χ4v) is 1.80. The molecular weight excluding hydrogens is 288 g/mol. The number of nitro groups is 1. The molecule has 1 heterocycles. The van der Waals surface area contributed by atoms with Crippen LogP contribution in [-0.2, 0) is 11.3 Å². The maximum absolute atomic E-state index is 11.8. The Balaban J connectivity index is 1.87. The first-order valence-electron chi connectivity index (χ1n) is 6.53. The van der Waals surface area contributed by atoms with Gasteiger partial charge in [0.25, 0.3) is 0 Å². The van der Waals surface area contributed by atoms with Crippen LogP contribution in [0.25, 0.3) is 0 Å². The highest BCUT2D eigenvalue weighted by atomic mass is 16.6. The summed E-state index contributed by atoms with van der Waals surface area (Å²) < 4.78 is 1.34. The van der Waals surface area contributed by atoms with Crippen LogP contribution in [0.15, 0.2) is 36.7 Å². The van der Waals surface area contributed by atoms with Crippen LogP contribution in [0.5, 0.6) is 0 Å². The number of amides is 1. The van der Waals surface area contributed by atoms with Gasteiger partial charge >= 0.3 is 5.69 Å². The number of Topliss-reactive ketones (excluding diaryl/α,β-unsaturated/α-hetero) is 1. The first kappa shape index (κ1) is 15.4. The van der Waals surface area contributed by atoms with E-state index in [0.29, 0.717) is 11.3 Å². The Morgan fingerprint density at radius 2 is 2.00 bits per heavy atom. The third-order valence-corrected chi connectivity index (χ3v) is 2.97. The Labute approximate surface area is 125 Å². The largest absolute Gasteiger partial charge is 0.326 e. The molecule has 0 spiro atoms. The second kappa shape index (κ2) is 6.61. The molecular formula is C14H14N4O4. The van der Waals surface area contributed by atoms with Crippen LogP contribution in [0.1, 0.15) is 23.7 Å². The monoisotopic (exact) mass is 302 g/mol. The molecule has 0 saturated carbocycles. The molecule has 1 aromatic heterocycles. The molecule has 1 aromatic carbocycles. The molecule has 0 unspecified atom stereocenters. The van der Waals surface area contributed by atoms with Crippen molar-refractivity contribution in [1.82, 2.24) is 9.78 Å². The van der Waals surface area contributed by atoms with Crippen LogP contribution in [0.4, 0.5) is 11.4 Å². The van der Waals surface area contributed by atoms with Crippen molar-refractivity contribution in [3.05, 3.63) is 52.3 Å². The Morgan fingerprint density at radius 1 is 1.32 bits per heavy atom. The molecule has 1 amide bonds. The van der Waals surface area contributed by atoms with Crippen molar-refractivity contribution in [3.63, 3.8) is 0 Å². The van der Waals surface area contributed by atoms with Gasteiger partial charge in [0.05, 0.1) is 4.92 Å². The molecule has 0 bridgehead atoms. The molecule has 8 heteroatoms. The summed E-state index contributed by atoms with van der Waals surface area (Å²) in [5.41, 5.74) is 1.04. The first-order valence-corrected chi connectivity index (χ1v) is 6.53. The summed E-state index contributed by atoms with van der Waals surface area (Å²) in [5.74, 6) is -0.285. The topological polar surface area (TPSA) is 107 Å². The zero-order chi connectivity index (χ0) is 16.1. The highest BCUT2D eigenvalue weighted by Crippen LogP contribution is 2.11. The molecule has 8 nitrogen and oxygen atoms in total. The SMILES string of the molecule is CC(=O)c1ccc(NC(=O)CCn2cc([N+](=O)[O-])cn2)cc1. The van der Waals surface area contributed by atoms with E-state index in [1.54, 1.807) is 24.3 Å². The third kappa shape index (κ3) is 3.98. The molecule has 0 fully saturated rings. The molecule has 114 valence electrons. The molecule has 2 rings (SSSR count). The van der Waals surface area contributed by atoms with Crippen LogP contribution in [0.3, 0.4) is 0 Å². The van der Waals surface area contributed by atoms with E-state index in [1.165, 1.54) is 17.8 Å². The van der Waals surface area contributed by atoms with Gasteiger partial charge in [0.1, 0.15) is 12.4 Å². The van der Waals surface area contributed by atoms with Gasteiger partial charge in [-0.15, -0.1) is 0 Å². The molecule has 0 aliphatic heterocycles. The van der Waals surface area contributed by atoms with Crippen molar-refractivity contribution in [2.75, 3.05) is 5.32 Å². The van der Waals surface area contributed by atoms with Gasteiger partial charge in [-0.3, -0.25) is 24.4 Å². The van der Waals surface area contributed by atoms with E-state index < -0.39 is 4.92 Å². The van der Waals surface area contributed by atoms with E-state index in [4.69, 9.17) is 0 Å². The molecule has 0 atom stereocenters. The minimum Gasteiger partial charge on any atom is -0.326 e. The van der Waals surface area contributed by atoms with Crippen molar-refractivity contribution >= 4 is 23.1 Å². The normalized spacial score (nSPS) is 10.2. The van der Waals surface area contributed by atoms with Crippen molar-refractivity contribution < 1.29 is 14.5 Å². The van der Waals surface area contributed by atoms with E-state index in [0.717, 1.165) is 6.20 Å². The Bertz CT molecular complexity index is 706. The smallest absolute Gasteiger partial charge is 0.306 e. The Kier molecular flexibility index (Phi) is 4.62. The van der Waals surface area contributed by atoms with E-state index in [2.05, 4.69) is 10.4 Å². The summed E-state index contributed by atoms with van der Waals surface area (Å²) in [6, 6.07) is 6.56. The number of nitrogens with zero attached hydrogens (tertiary/aromatic N) is 3. The predicted octanol–water partition coefficient (Wildman–Crippen LogP) is 2.02. The molecule has 0 radical (unpaired) electrons. The number of ketones is 1. The average Bonchev–Trinajstić information content (AvgIpc) is 2.95. The summed E-state index contributed by atoms with van der Waals surface area (Å²) >= 11 is 0. The number of anilines is 1. The summed E-state index contributed by atoms with van der Waals surface area (Å²) in [7, 11) is 0. The van der Waals surface area contributed by atoms with Gasteiger partial charge in [0.2, 0.25) is 5.91 Å². The number of aryl methyl sites for hydroxylation is 1. The highest BCUT2D eigenvalue weighted by molar-refractivity contribution is 5.95. The van der Waals surface area contributed by atoms with Gasteiger partial charge in [-0.05, 0) is 31.2 Å². The number of benzene rings is 1. The van der Waals surface area contributed by atoms with Gasteiger partial charge in [-0.25, -0.2) is 0 Å². The lowest BCUT2D eigenvalue weighted by Crippen LogP contribution is -2.14. The van der Waals surface area contributed by atoms with Crippen molar-refractivity contribution in [2.24, 2.45) is 0 Å². The van der Waals surface area contributed by atoms with Crippen LogP contribution in [0.2, 0.25) is 0 Å². The lowest BCUT2D eigenvalue weighted by molar-refractivity contribution is -0.385. The number of carbonyl (C=O) groups is 2. The molecule has 2 aromatic rings. The zero-order valence-corrected chi connectivity index (χ0v) is 11.9.